The highest BCUT2D eigenvalue weighted by molar-refractivity contribution is 5.68. The van der Waals surface area contributed by atoms with Crippen LogP contribution in [0.25, 0.3) is 11.3 Å². The molecular weight excluding hydrogens is 166 g/mol. The van der Waals surface area contributed by atoms with Gasteiger partial charge in [-0.3, -0.25) is 0 Å². The number of nitrogens with one attached hydrogen (secondary N) is 1. The number of rotatable bonds is 2. The molecule has 0 bridgehead atoms. The van der Waals surface area contributed by atoms with Gasteiger partial charge in [0.1, 0.15) is 5.69 Å². The molecule has 4 nitrogen and oxygen atoms in total. The monoisotopic (exact) mass is 173 g/mol. The fourth-order valence-electron chi connectivity index (χ4n) is 1.16. The minimum Gasteiger partial charge on any atom is -0.326 e. The Bertz CT molecular complexity index is 408. The lowest BCUT2D eigenvalue weighted by molar-refractivity contribution is 1.29. The SMILES string of the molecule is O=Nc1[nH]cnc1-c1ccccc1. The first-order valence-electron chi connectivity index (χ1n) is 3.84. The highest BCUT2D eigenvalue weighted by Gasteiger charge is 2.06. The Labute approximate surface area is 74.6 Å². The molecule has 1 aromatic heterocycles. The van der Waals surface area contributed by atoms with Crippen LogP contribution in [0, 0.1) is 4.91 Å². The van der Waals surface area contributed by atoms with Gasteiger partial charge >= 0.3 is 0 Å². The first kappa shape index (κ1) is 7.67. The van der Waals surface area contributed by atoms with Gasteiger partial charge in [0.25, 0.3) is 0 Å². The average Bonchev–Trinajstić information content (AvgIpc) is 2.67. The molecule has 0 radical (unpaired) electrons. The summed E-state index contributed by atoms with van der Waals surface area (Å²) in [5.74, 6) is 0.270. The zero-order valence-electron chi connectivity index (χ0n) is 6.77. The van der Waals surface area contributed by atoms with Gasteiger partial charge in [-0.25, -0.2) is 4.98 Å². The van der Waals surface area contributed by atoms with Crippen molar-refractivity contribution in [3.8, 4) is 11.3 Å². The summed E-state index contributed by atoms with van der Waals surface area (Å²) in [6, 6.07) is 9.44. The molecule has 0 atom stereocenters. The van der Waals surface area contributed by atoms with Crippen molar-refractivity contribution in [2.75, 3.05) is 0 Å². The van der Waals surface area contributed by atoms with Crippen LogP contribution in [0.4, 0.5) is 5.82 Å². The number of imidazole rings is 1. The third-order valence-corrected chi connectivity index (χ3v) is 1.76. The topological polar surface area (TPSA) is 58.1 Å². The predicted octanol–water partition coefficient (Wildman–Crippen LogP) is 2.47. The lowest BCUT2D eigenvalue weighted by Crippen LogP contribution is -1.75. The quantitative estimate of drug-likeness (QED) is 0.709. The number of nitrogens with zero attached hydrogens (tertiary/aromatic N) is 2. The largest absolute Gasteiger partial charge is 0.326 e. The Morgan fingerprint density at radius 2 is 2.00 bits per heavy atom. The van der Waals surface area contributed by atoms with Gasteiger partial charge in [-0.1, -0.05) is 30.3 Å². The summed E-state index contributed by atoms with van der Waals surface area (Å²) in [6.45, 7) is 0. The molecule has 0 saturated carbocycles. The van der Waals surface area contributed by atoms with Crippen LogP contribution in [-0.4, -0.2) is 9.97 Å². The second-order valence-corrected chi connectivity index (χ2v) is 2.56. The highest BCUT2D eigenvalue weighted by Crippen LogP contribution is 2.25. The number of nitroso groups, excluding NO2 is 1. The summed E-state index contributed by atoms with van der Waals surface area (Å²) in [5.41, 5.74) is 1.48. The summed E-state index contributed by atoms with van der Waals surface area (Å²) in [7, 11) is 0. The van der Waals surface area contributed by atoms with Crippen molar-refractivity contribution in [2.45, 2.75) is 0 Å². The maximum atomic E-state index is 10.3. The van der Waals surface area contributed by atoms with E-state index in [0.717, 1.165) is 5.56 Å². The smallest absolute Gasteiger partial charge is 0.202 e. The van der Waals surface area contributed by atoms with Crippen molar-refractivity contribution in [1.82, 2.24) is 9.97 Å². The Kier molecular flexibility index (Phi) is 1.88. The third-order valence-electron chi connectivity index (χ3n) is 1.76. The Morgan fingerprint density at radius 1 is 1.23 bits per heavy atom. The van der Waals surface area contributed by atoms with Crippen molar-refractivity contribution in [2.24, 2.45) is 5.18 Å². The van der Waals surface area contributed by atoms with Crippen molar-refractivity contribution in [3.05, 3.63) is 41.6 Å². The van der Waals surface area contributed by atoms with E-state index in [9.17, 15) is 4.91 Å². The van der Waals surface area contributed by atoms with E-state index in [0.29, 0.717) is 5.69 Å². The van der Waals surface area contributed by atoms with Crippen molar-refractivity contribution in [1.29, 1.82) is 0 Å². The van der Waals surface area contributed by atoms with Crippen molar-refractivity contribution < 1.29 is 0 Å². The van der Waals surface area contributed by atoms with Crippen LogP contribution in [0.5, 0.6) is 0 Å². The van der Waals surface area contributed by atoms with Gasteiger partial charge in [0, 0.05) is 5.56 Å². The first-order valence-corrected chi connectivity index (χ1v) is 3.84. The molecule has 13 heavy (non-hydrogen) atoms. The normalized spacial score (nSPS) is 9.85. The first-order chi connectivity index (χ1) is 6.42. The number of H-pyrrole nitrogens is 1. The molecule has 0 unspecified atom stereocenters. The molecule has 0 aliphatic rings. The van der Waals surface area contributed by atoms with Crippen molar-refractivity contribution >= 4 is 5.82 Å². The van der Waals surface area contributed by atoms with E-state index >= 15 is 0 Å². The maximum absolute atomic E-state index is 10.3. The second-order valence-electron chi connectivity index (χ2n) is 2.56. The van der Waals surface area contributed by atoms with E-state index in [-0.39, 0.29) is 5.82 Å². The Balaban J connectivity index is 2.52. The summed E-state index contributed by atoms with van der Waals surface area (Å²) in [5, 5.41) is 2.84. The standard InChI is InChI=1S/C9H7N3O/c13-12-9-8(10-6-11-9)7-4-2-1-3-5-7/h1-6H,(H,10,11). The number of aromatic amines is 1. The molecule has 1 aromatic carbocycles. The number of aromatic nitrogens is 2. The van der Waals surface area contributed by atoms with E-state index in [1.807, 2.05) is 30.3 Å². The van der Waals surface area contributed by atoms with Gasteiger partial charge in [-0.2, -0.15) is 0 Å². The fourth-order valence-corrected chi connectivity index (χ4v) is 1.16. The van der Waals surface area contributed by atoms with E-state index in [1.165, 1.54) is 6.33 Å². The van der Waals surface area contributed by atoms with E-state index in [1.54, 1.807) is 0 Å². The van der Waals surface area contributed by atoms with Gasteiger partial charge in [0.2, 0.25) is 5.82 Å². The van der Waals surface area contributed by atoms with Crippen molar-refractivity contribution in [3.63, 3.8) is 0 Å². The average molecular weight is 173 g/mol. The number of benzene rings is 1. The van der Waals surface area contributed by atoms with Crippen LogP contribution in [0.3, 0.4) is 0 Å². The summed E-state index contributed by atoms with van der Waals surface area (Å²) in [4.78, 5) is 17.0. The van der Waals surface area contributed by atoms with Crippen LogP contribution in [0.1, 0.15) is 0 Å². The molecule has 64 valence electrons. The van der Waals surface area contributed by atoms with Gasteiger partial charge in [-0.05, 0) is 5.18 Å². The van der Waals surface area contributed by atoms with Gasteiger partial charge in [0.15, 0.2) is 0 Å². The zero-order chi connectivity index (χ0) is 9.10. The molecule has 0 aliphatic heterocycles. The van der Waals surface area contributed by atoms with Crippen LogP contribution in [-0.2, 0) is 0 Å². The van der Waals surface area contributed by atoms with Crippen LogP contribution >= 0.6 is 0 Å². The lowest BCUT2D eigenvalue weighted by Gasteiger charge is -1.94. The zero-order valence-corrected chi connectivity index (χ0v) is 6.77. The van der Waals surface area contributed by atoms with E-state index < -0.39 is 0 Å². The number of hydrogen-bond donors (Lipinski definition) is 1. The fraction of sp³-hybridized carbons (Fsp3) is 0. The summed E-state index contributed by atoms with van der Waals surface area (Å²) >= 11 is 0. The molecule has 1 N–H and O–H groups in total. The molecule has 2 rings (SSSR count). The molecule has 1 heterocycles. The Morgan fingerprint density at radius 3 is 2.69 bits per heavy atom. The highest BCUT2D eigenvalue weighted by atomic mass is 16.3. The molecule has 0 amide bonds. The molecule has 4 heteroatoms. The lowest BCUT2D eigenvalue weighted by atomic mass is 10.1. The van der Waals surface area contributed by atoms with Gasteiger partial charge in [-0.15, -0.1) is 4.91 Å². The predicted molar refractivity (Wildman–Crippen MR) is 49.5 cm³/mol. The third kappa shape index (κ3) is 1.33. The van der Waals surface area contributed by atoms with E-state index in [2.05, 4.69) is 15.1 Å². The summed E-state index contributed by atoms with van der Waals surface area (Å²) in [6.07, 6.45) is 1.46. The molecule has 0 aliphatic carbocycles. The second kappa shape index (κ2) is 3.18. The van der Waals surface area contributed by atoms with E-state index in [4.69, 9.17) is 0 Å². The summed E-state index contributed by atoms with van der Waals surface area (Å²) < 4.78 is 0. The Hall–Kier alpha value is -1.97. The van der Waals surface area contributed by atoms with Gasteiger partial charge < -0.3 is 4.98 Å². The molecular formula is C9H7N3O. The maximum Gasteiger partial charge on any atom is 0.202 e. The number of hydrogen-bond acceptors (Lipinski definition) is 3. The molecule has 0 fully saturated rings. The van der Waals surface area contributed by atoms with Crippen LogP contribution in [0.15, 0.2) is 41.8 Å². The van der Waals surface area contributed by atoms with Crippen LogP contribution < -0.4 is 0 Å². The molecule has 0 spiro atoms. The molecule has 0 saturated heterocycles. The minimum atomic E-state index is 0.270. The molecule has 2 aromatic rings. The van der Waals surface area contributed by atoms with Crippen LogP contribution in [0.2, 0.25) is 0 Å². The van der Waals surface area contributed by atoms with Gasteiger partial charge in [0.05, 0.1) is 6.33 Å². The minimum absolute atomic E-state index is 0.270.